The van der Waals surface area contributed by atoms with Crippen molar-refractivity contribution in [2.24, 2.45) is 0 Å². The number of nitrogens with one attached hydrogen (secondary N) is 1. The molecule has 2 heterocycles. The highest BCUT2D eigenvalue weighted by atomic mass is 79.9. The van der Waals surface area contributed by atoms with Crippen LogP contribution in [0.5, 0.6) is 11.5 Å². The van der Waals surface area contributed by atoms with Crippen LogP contribution in [0.15, 0.2) is 46.9 Å². The monoisotopic (exact) mass is 489 g/mol. The Balaban J connectivity index is 1.60. The number of halogens is 1. The van der Waals surface area contributed by atoms with Crippen LogP contribution in [0.3, 0.4) is 0 Å². The fraction of sp³-hybridized carbons (Fsp3) is 0.286. The van der Waals surface area contributed by atoms with E-state index in [0.29, 0.717) is 35.4 Å². The molecule has 1 unspecified atom stereocenters. The molecule has 2 aliphatic rings. The Hall–Kier alpha value is -2.65. The van der Waals surface area contributed by atoms with Gasteiger partial charge in [0, 0.05) is 17.6 Å². The number of thiocarbonyl (C=S) groups is 1. The minimum absolute atomic E-state index is 0.0605. The molecule has 4 rings (SSSR count). The third kappa shape index (κ3) is 3.99. The van der Waals surface area contributed by atoms with Gasteiger partial charge < -0.3 is 19.7 Å². The first-order valence-electron chi connectivity index (χ1n) is 9.53. The number of fused-ring (bicyclic) bond motifs is 1. The van der Waals surface area contributed by atoms with Crippen LogP contribution in [0.25, 0.3) is 0 Å². The molecule has 1 fully saturated rings. The van der Waals surface area contributed by atoms with E-state index in [1.54, 1.807) is 29.2 Å². The van der Waals surface area contributed by atoms with Crippen LogP contribution in [-0.4, -0.2) is 41.2 Å². The van der Waals surface area contributed by atoms with E-state index in [1.165, 1.54) is 4.90 Å². The number of benzene rings is 2. The predicted molar refractivity (Wildman–Crippen MR) is 119 cm³/mol. The average molecular weight is 490 g/mol. The van der Waals surface area contributed by atoms with Crippen LogP contribution in [0, 0.1) is 0 Å². The maximum absolute atomic E-state index is 13.2. The molecule has 7 nitrogen and oxygen atoms in total. The maximum atomic E-state index is 13.2. The molecule has 156 valence electrons. The Morgan fingerprint density at radius 3 is 2.67 bits per heavy atom. The summed E-state index contributed by atoms with van der Waals surface area (Å²) in [6.45, 7) is 3.10. The highest BCUT2D eigenvalue weighted by Crippen LogP contribution is 2.34. The number of ether oxygens (including phenoxy) is 2. The van der Waals surface area contributed by atoms with Crippen molar-refractivity contribution in [3.8, 4) is 11.5 Å². The van der Waals surface area contributed by atoms with E-state index < -0.39 is 6.04 Å². The van der Waals surface area contributed by atoms with Crippen LogP contribution in [0.1, 0.15) is 18.9 Å². The van der Waals surface area contributed by atoms with E-state index in [9.17, 15) is 9.59 Å². The molecular formula is C21H20BrN3O4S. The lowest BCUT2D eigenvalue weighted by Crippen LogP contribution is -2.49. The molecule has 0 aromatic heterocycles. The minimum Gasteiger partial charge on any atom is -0.454 e. The molecule has 1 N–H and O–H groups in total. The van der Waals surface area contributed by atoms with Gasteiger partial charge in [-0.2, -0.15) is 0 Å². The SMILES string of the molecule is CCNC(=S)N(Cc1ccc2c(c1)OCO2)C1CC(=O)N(c2ccc(Br)cc2)C1=O. The molecule has 30 heavy (non-hydrogen) atoms. The fourth-order valence-corrected chi connectivity index (χ4v) is 4.13. The first-order chi connectivity index (χ1) is 14.5. The van der Waals surface area contributed by atoms with Gasteiger partial charge in [0.25, 0.3) is 5.91 Å². The highest BCUT2D eigenvalue weighted by molar-refractivity contribution is 9.10. The molecule has 1 atom stereocenters. The van der Waals surface area contributed by atoms with Gasteiger partial charge in [0.2, 0.25) is 12.7 Å². The van der Waals surface area contributed by atoms with E-state index in [1.807, 2.05) is 25.1 Å². The zero-order valence-corrected chi connectivity index (χ0v) is 18.7. The van der Waals surface area contributed by atoms with Crippen molar-refractivity contribution in [3.05, 3.63) is 52.5 Å². The van der Waals surface area contributed by atoms with E-state index in [-0.39, 0.29) is 25.0 Å². The number of carbonyl (C=O) groups is 2. The third-order valence-corrected chi connectivity index (χ3v) is 5.87. The summed E-state index contributed by atoms with van der Waals surface area (Å²) in [5.41, 5.74) is 1.45. The molecule has 0 radical (unpaired) electrons. The van der Waals surface area contributed by atoms with Crippen molar-refractivity contribution < 1.29 is 19.1 Å². The molecule has 2 amide bonds. The second-order valence-corrected chi connectivity index (χ2v) is 8.22. The summed E-state index contributed by atoms with van der Waals surface area (Å²) in [5.74, 6) is 0.811. The number of rotatable bonds is 5. The van der Waals surface area contributed by atoms with Crippen molar-refractivity contribution in [3.63, 3.8) is 0 Å². The second-order valence-electron chi connectivity index (χ2n) is 6.91. The molecule has 1 saturated heterocycles. The quantitative estimate of drug-likeness (QED) is 0.510. The standard InChI is InChI=1S/C21H20BrN3O4S/c1-2-23-21(30)24(11-13-3-8-17-18(9-13)29-12-28-17)16-10-19(26)25(20(16)27)15-6-4-14(22)5-7-15/h3-9,16H,2,10-12H2,1H3,(H,23,30). The molecular weight excluding hydrogens is 470 g/mol. The predicted octanol–water partition coefficient (Wildman–Crippen LogP) is 3.21. The summed E-state index contributed by atoms with van der Waals surface area (Å²) in [5, 5.41) is 3.54. The lowest BCUT2D eigenvalue weighted by atomic mass is 10.1. The zero-order valence-electron chi connectivity index (χ0n) is 16.3. The summed E-state index contributed by atoms with van der Waals surface area (Å²) in [6, 6.07) is 12.0. The van der Waals surface area contributed by atoms with Crippen molar-refractivity contribution >= 4 is 50.8 Å². The number of imide groups is 1. The summed E-state index contributed by atoms with van der Waals surface area (Å²) in [4.78, 5) is 29.0. The molecule has 9 heteroatoms. The molecule has 0 bridgehead atoms. The third-order valence-electron chi connectivity index (χ3n) is 4.96. The molecule has 2 aliphatic heterocycles. The number of nitrogens with zero attached hydrogens (tertiary/aromatic N) is 2. The van der Waals surface area contributed by atoms with Gasteiger partial charge >= 0.3 is 0 Å². The molecule has 0 spiro atoms. The van der Waals surface area contributed by atoms with Gasteiger partial charge in [-0.05, 0) is 61.1 Å². The second kappa shape index (κ2) is 8.61. The number of hydrogen-bond donors (Lipinski definition) is 1. The maximum Gasteiger partial charge on any atom is 0.257 e. The average Bonchev–Trinajstić information content (AvgIpc) is 3.31. The van der Waals surface area contributed by atoms with Crippen LogP contribution in [-0.2, 0) is 16.1 Å². The molecule has 2 aromatic rings. The number of hydrogen-bond acceptors (Lipinski definition) is 5. The van der Waals surface area contributed by atoms with Crippen molar-refractivity contribution in [1.82, 2.24) is 10.2 Å². The number of amides is 2. The van der Waals surface area contributed by atoms with Crippen molar-refractivity contribution in [2.75, 3.05) is 18.2 Å². The summed E-state index contributed by atoms with van der Waals surface area (Å²) in [6.07, 6.45) is 0.0605. The van der Waals surface area contributed by atoms with Gasteiger partial charge in [-0.25, -0.2) is 4.90 Å². The lowest BCUT2D eigenvalue weighted by molar-refractivity contribution is -0.122. The Morgan fingerprint density at radius 2 is 1.93 bits per heavy atom. The van der Waals surface area contributed by atoms with E-state index in [0.717, 1.165) is 10.0 Å². The largest absolute Gasteiger partial charge is 0.454 e. The zero-order chi connectivity index (χ0) is 21.3. The van der Waals surface area contributed by atoms with Crippen LogP contribution in [0.4, 0.5) is 5.69 Å². The lowest BCUT2D eigenvalue weighted by Gasteiger charge is -2.30. The van der Waals surface area contributed by atoms with Gasteiger partial charge in [0.05, 0.1) is 12.1 Å². The first-order valence-corrected chi connectivity index (χ1v) is 10.7. The van der Waals surface area contributed by atoms with Gasteiger partial charge in [-0.1, -0.05) is 22.0 Å². The van der Waals surface area contributed by atoms with Gasteiger partial charge in [-0.3, -0.25) is 9.59 Å². The van der Waals surface area contributed by atoms with Crippen LogP contribution >= 0.6 is 28.1 Å². The van der Waals surface area contributed by atoms with Crippen LogP contribution in [0.2, 0.25) is 0 Å². The topological polar surface area (TPSA) is 71.1 Å². The Kier molecular flexibility index (Phi) is 5.92. The summed E-state index contributed by atoms with van der Waals surface area (Å²) in [7, 11) is 0. The minimum atomic E-state index is -0.682. The fourth-order valence-electron chi connectivity index (χ4n) is 3.53. The Morgan fingerprint density at radius 1 is 1.20 bits per heavy atom. The number of anilines is 1. The van der Waals surface area contributed by atoms with Crippen molar-refractivity contribution in [2.45, 2.75) is 25.9 Å². The van der Waals surface area contributed by atoms with Crippen molar-refractivity contribution in [1.29, 1.82) is 0 Å². The Labute approximate surface area is 188 Å². The van der Waals surface area contributed by atoms with Gasteiger partial charge in [-0.15, -0.1) is 0 Å². The van der Waals surface area contributed by atoms with Crippen LogP contribution < -0.4 is 19.7 Å². The number of carbonyl (C=O) groups excluding carboxylic acids is 2. The van der Waals surface area contributed by atoms with Gasteiger partial charge in [0.1, 0.15) is 6.04 Å². The summed E-state index contributed by atoms with van der Waals surface area (Å²) >= 11 is 8.92. The molecule has 0 aliphatic carbocycles. The van der Waals surface area contributed by atoms with E-state index in [2.05, 4.69) is 21.2 Å². The Bertz CT molecular complexity index is 998. The normalized spacial score (nSPS) is 17.4. The van der Waals surface area contributed by atoms with E-state index >= 15 is 0 Å². The van der Waals surface area contributed by atoms with E-state index in [4.69, 9.17) is 21.7 Å². The molecule has 0 saturated carbocycles. The summed E-state index contributed by atoms with van der Waals surface area (Å²) < 4.78 is 11.7. The van der Waals surface area contributed by atoms with Gasteiger partial charge in [0.15, 0.2) is 16.6 Å². The first kappa shape index (κ1) is 20.6. The molecule has 2 aromatic carbocycles. The smallest absolute Gasteiger partial charge is 0.257 e. The highest BCUT2D eigenvalue weighted by Gasteiger charge is 2.43.